The van der Waals surface area contributed by atoms with Crippen LogP contribution in [0.3, 0.4) is 0 Å². The van der Waals surface area contributed by atoms with Crippen LogP contribution in [-0.2, 0) is 4.74 Å². The maximum Gasteiger partial charge on any atom is 0.338 e. The van der Waals surface area contributed by atoms with Gasteiger partial charge in [-0.15, -0.1) is 0 Å². The van der Waals surface area contributed by atoms with E-state index in [1.807, 2.05) is 0 Å². The molecule has 4 aliphatic carbocycles. The lowest BCUT2D eigenvalue weighted by atomic mass is 9.47. The molecule has 0 radical (unpaired) electrons. The number of benzene rings is 1. The third kappa shape index (κ3) is 5.06. The minimum atomic E-state index is -0.305. The number of nitrogens with two attached hydrogens (primary N) is 2. The first-order valence-electron chi connectivity index (χ1n) is 15.2. The van der Waals surface area contributed by atoms with Crippen molar-refractivity contribution in [2.45, 2.75) is 111 Å². The standard InChI is InChI=1S/C33H50N2O2/c1-21(2)7-5-6-8-23-10-12-29-28-11-9-24-19-27(37-31(36)22-17-25(34)20-26(35)18-22)13-15-33(24,4)30(28)14-16-32(23,29)3/h9,17-18,20-21,23,27-30H,5-8,10-16,19,34-35H2,1-4H3. The van der Waals surface area contributed by atoms with Gasteiger partial charge in [-0.25, -0.2) is 4.79 Å². The smallest absolute Gasteiger partial charge is 0.338 e. The van der Waals surface area contributed by atoms with Crippen LogP contribution in [0.25, 0.3) is 0 Å². The first-order valence-corrected chi connectivity index (χ1v) is 15.2. The molecular formula is C33H50N2O2. The molecular weight excluding hydrogens is 456 g/mol. The van der Waals surface area contributed by atoms with Crippen molar-refractivity contribution in [2.24, 2.45) is 40.4 Å². The van der Waals surface area contributed by atoms with Gasteiger partial charge in [0, 0.05) is 17.8 Å². The van der Waals surface area contributed by atoms with E-state index >= 15 is 0 Å². The quantitative estimate of drug-likeness (QED) is 0.169. The molecule has 37 heavy (non-hydrogen) atoms. The molecule has 3 fully saturated rings. The number of nitrogen functional groups attached to an aromatic ring is 2. The molecule has 0 amide bonds. The van der Waals surface area contributed by atoms with Crippen LogP contribution in [0.4, 0.5) is 11.4 Å². The average Bonchev–Trinajstić information content (AvgIpc) is 3.17. The maximum atomic E-state index is 12.9. The molecule has 0 bridgehead atoms. The van der Waals surface area contributed by atoms with Crippen LogP contribution in [0.15, 0.2) is 29.8 Å². The SMILES string of the molecule is CC(C)CCCCC1CCC2C3CC=C4CC(OC(=O)c5cc(N)cc(N)c5)CCC4(C)C3CCC12C. The number of carbonyl (C=O) groups excluding carboxylic acids is 1. The van der Waals surface area contributed by atoms with E-state index in [4.69, 9.17) is 16.2 Å². The Hall–Kier alpha value is -1.97. The van der Waals surface area contributed by atoms with Gasteiger partial charge in [0.25, 0.3) is 0 Å². The summed E-state index contributed by atoms with van der Waals surface area (Å²) < 4.78 is 5.99. The van der Waals surface area contributed by atoms with Gasteiger partial charge in [0.05, 0.1) is 5.56 Å². The van der Waals surface area contributed by atoms with Gasteiger partial charge in [-0.05, 0) is 110 Å². The van der Waals surface area contributed by atoms with Crippen molar-refractivity contribution in [2.75, 3.05) is 11.5 Å². The highest BCUT2D eigenvalue weighted by molar-refractivity contribution is 5.91. The van der Waals surface area contributed by atoms with Crippen molar-refractivity contribution in [3.05, 3.63) is 35.4 Å². The normalized spacial score (nSPS) is 36.9. The molecule has 0 saturated heterocycles. The summed E-state index contributed by atoms with van der Waals surface area (Å²) in [6, 6.07) is 4.99. The van der Waals surface area contributed by atoms with Crippen LogP contribution >= 0.6 is 0 Å². The van der Waals surface area contributed by atoms with Crippen molar-refractivity contribution < 1.29 is 9.53 Å². The van der Waals surface area contributed by atoms with Crippen molar-refractivity contribution in [3.63, 3.8) is 0 Å². The van der Waals surface area contributed by atoms with Gasteiger partial charge in [0.1, 0.15) is 6.10 Å². The number of esters is 1. The predicted octanol–water partition coefficient (Wildman–Crippen LogP) is 8.17. The fraction of sp³-hybridized carbons (Fsp3) is 0.727. The summed E-state index contributed by atoms with van der Waals surface area (Å²) in [4.78, 5) is 12.9. The fourth-order valence-electron chi connectivity index (χ4n) is 9.27. The molecule has 0 aromatic heterocycles. The molecule has 0 spiro atoms. The molecule has 7 unspecified atom stereocenters. The first kappa shape index (κ1) is 26.6. The summed E-state index contributed by atoms with van der Waals surface area (Å²) in [7, 11) is 0. The van der Waals surface area contributed by atoms with E-state index in [-0.39, 0.29) is 17.5 Å². The molecule has 3 saturated carbocycles. The summed E-state index contributed by atoms with van der Waals surface area (Å²) >= 11 is 0. The third-order valence-electron chi connectivity index (χ3n) is 11.3. The van der Waals surface area contributed by atoms with Crippen molar-refractivity contribution in [1.82, 2.24) is 0 Å². The Morgan fingerprint density at radius 3 is 2.49 bits per heavy atom. The van der Waals surface area contributed by atoms with E-state index in [1.54, 1.807) is 23.8 Å². The Bertz CT molecular complexity index is 1010. The van der Waals surface area contributed by atoms with E-state index < -0.39 is 0 Å². The largest absolute Gasteiger partial charge is 0.458 e. The Morgan fingerprint density at radius 1 is 1.00 bits per heavy atom. The Balaban J connectivity index is 1.24. The van der Waals surface area contributed by atoms with E-state index in [9.17, 15) is 4.79 Å². The van der Waals surface area contributed by atoms with Gasteiger partial charge >= 0.3 is 5.97 Å². The number of fused-ring (bicyclic) bond motifs is 5. The number of hydrogen-bond donors (Lipinski definition) is 2. The third-order valence-corrected chi connectivity index (χ3v) is 11.3. The van der Waals surface area contributed by atoms with Crippen LogP contribution in [0.1, 0.15) is 115 Å². The molecule has 7 atom stereocenters. The number of rotatable bonds is 7. The van der Waals surface area contributed by atoms with E-state index in [2.05, 4.69) is 33.8 Å². The van der Waals surface area contributed by atoms with Crippen LogP contribution in [0.5, 0.6) is 0 Å². The molecule has 4 N–H and O–H groups in total. The van der Waals surface area contributed by atoms with E-state index in [0.717, 1.165) is 48.9 Å². The number of allylic oxidation sites excluding steroid dienone is 1. The van der Waals surface area contributed by atoms with Crippen LogP contribution in [0.2, 0.25) is 0 Å². The summed E-state index contributed by atoms with van der Waals surface area (Å²) in [5.41, 5.74) is 15.6. The van der Waals surface area contributed by atoms with Gasteiger partial charge < -0.3 is 16.2 Å². The highest BCUT2D eigenvalue weighted by Crippen LogP contribution is 2.66. The topological polar surface area (TPSA) is 78.3 Å². The number of unbranched alkanes of at least 4 members (excludes halogenated alkanes) is 1. The minimum absolute atomic E-state index is 0.0541. The van der Waals surface area contributed by atoms with Crippen LogP contribution in [0, 0.1) is 40.4 Å². The van der Waals surface area contributed by atoms with Crippen molar-refractivity contribution in [1.29, 1.82) is 0 Å². The summed E-state index contributed by atoms with van der Waals surface area (Å²) in [6.07, 6.45) is 18.0. The lowest BCUT2D eigenvalue weighted by Gasteiger charge is -2.58. The van der Waals surface area contributed by atoms with E-state index in [1.165, 1.54) is 57.8 Å². The van der Waals surface area contributed by atoms with Crippen molar-refractivity contribution in [3.8, 4) is 0 Å². The van der Waals surface area contributed by atoms with Crippen molar-refractivity contribution >= 4 is 17.3 Å². The minimum Gasteiger partial charge on any atom is -0.458 e. The van der Waals surface area contributed by atoms with Gasteiger partial charge in [-0.2, -0.15) is 0 Å². The second kappa shape index (κ2) is 10.3. The van der Waals surface area contributed by atoms with Crippen LogP contribution < -0.4 is 11.5 Å². The molecule has 4 heteroatoms. The van der Waals surface area contributed by atoms with Crippen LogP contribution in [-0.4, -0.2) is 12.1 Å². The first-order chi connectivity index (χ1) is 17.6. The lowest BCUT2D eigenvalue weighted by Crippen LogP contribution is -2.50. The van der Waals surface area contributed by atoms with Gasteiger partial charge in [0.15, 0.2) is 0 Å². The predicted molar refractivity (Wildman–Crippen MR) is 153 cm³/mol. The molecule has 1 aromatic carbocycles. The molecule has 4 nitrogen and oxygen atoms in total. The zero-order chi connectivity index (χ0) is 26.4. The number of carbonyl (C=O) groups is 1. The second-order valence-electron chi connectivity index (χ2n) is 13.9. The summed E-state index contributed by atoms with van der Waals surface area (Å²) in [6.45, 7) is 9.90. The number of anilines is 2. The highest BCUT2D eigenvalue weighted by Gasteiger charge is 2.58. The maximum absolute atomic E-state index is 12.9. The average molecular weight is 507 g/mol. The second-order valence-corrected chi connectivity index (χ2v) is 13.9. The number of ether oxygens (including phenoxy) is 1. The number of hydrogen-bond acceptors (Lipinski definition) is 4. The Labute approximate surface area is 225 Å². The molecule has 0 aliphatic heterocycles. The zero-order valence-electron chi connectivity index (χ0n) is 23.7. The highest BCUT2D eigenvalue weighted by atomic mass is 16.5. The summed E-state index contributed by atoms with van der Waals surface area (Å²) in [5, 5.41) is 0. The molecule has 204 valence electrons. The Kier molecular flexibility index (Phi) is 7.41. The monoisotopic (exact) mass is 506 g/mol. The van der Waals surface area contributed by atoms with Gasteiger partial charge in [-0.3, -0.25) is 0 Å². The van der Waals surface area contributed by atoms with Gasteiger partial charge in [0.2, 0.25) is 0 Å². The van der Waals surface area contributed by atoms with E-state index in [0.29, 0.717) is 22.4 Å². The van der Waals surface area contributed by atoms with Gasteiger partial charge in [-0.1, -0.05) is 58.6 Å². The zero-order valence-corrected chi connectivity index (χ0v) is 23.7. The molecule has 1 aromatic rings. The summed E-state index contributed by atoms with van der Waals surface area (Å²) in [5.74, 6) is 3.97. The lowest BCUT2D eigenvalue weighted by molar-refractivity contribution is -0.0536. The fourth-order valence-corrected chi connectivity index (χ4v) is 9.27. The molecule has 0 heterocycles. The molecule has 4 aliphatic rings. The Morgan fingerprint density at radius 2 is 1.76 bits per heavy atom. The molecule has 5 rings (SSSR count).